The molecule has 2 rings (SSSR count). The number of aromatic amines is 1. The van der Waals surface area contributed by atoms with Crippen LogP contribution >= 0.6 is 27.3 Å². The van der Waals surface area contributed by atoms with Gasteiger partial charge in [0.2, 0.25) is 0 Å². The Bertz CT molecular complexity index is 433. The number of nitrogens with zero attached hydrogens (tertiary/aromatic N) is 2. The van der Waals surface area contributed by atoms with Crippen LogP contribution in [-0.2, 0) is 0 Å². The lowest BCUT2D eigenvalue weighted by Crippen LogP contribution is -1.89. The first-order chi connectivity index (χ1) is 6.68. The summed E-state index contributed by atoms with van der Waals surface area (Å²) < 4.78 is 1.05. The van der Waals surface area contributed by atoms with E-state index in [-0.39, 0.29) is 0 Å². The third kappa shape index (κ3) is 1.74. The molecule has 3 nitrogen and oxygen atoms in total. The van der Waals surface area contributed by atoms with Gasteiger partial charge in [-0.3, -0.25) is 5.10 Å². The van der Waals surface area contributed by atoms with Gasteiger partial charge in [-0.25, -0.2) is 4.98 Å². The SMILES string of the molecule is CC(C)c1nc(-c2sccc2Br)n[nH]1. The number of hydrogen-bond acceptors (Lipinski definition) is 3. The van der Waals surface area contributed by atoms with E-state index in [1.54, 1.807) is 11.3 Å². The summed E-state index contributed by atoms with van der Waals surface area (Å²) in [6, 6.07) is 2.01. The second-order valence-corrected chi connectivity index (χ2v) is 5.07. The van der Waals surface area contributed by atoms with Crippen LogP contribution in [0, 0.1) is 0 Å². The van der Waals surface area contributed by atoms with Crippen molar-refractivity contribution >= 4 is 27.3 Å². The van der Waals surface area contributed by atoms with Crippen LogP contribution in [0.4, 0.5) is 0 Å². The Morgan fingerprint density at radius 3 is 2.79 bits per heavy atom. The summed E-state index contributed by atoms with van der Waals surface area (Å²) >= 11 is 5.10. The van der Waals surface area contributed by atoms with Crippen molar-refractivity contribution in [2.24, 2.45) is 0 Å². The van der Waals surface area contributed by atoms with E-state index >= 15 is 0 Å². The number of aromatic nitrogens is 3. The van der Waals surface area contributed by atoms with Gasteiger partial charge in [-0.1, -0.05) is 13.8 Å². The average molecular weight is 272 g/mol. The minimum Gasteiger partial charge on any atom is -0.262 e. The second kappa shape index (κ2) is 3.82. The number of halogens is 1. The summed E-state index contributed by atoms with van der Waals surface area (Å²) in [6.45, 7) is 4.18. The van der Waals surface area contributed by atoms with Crippen LogP contribution in [0.5, 0.6) is 0 Å². The van der Waals surface area contributed by atoms with E-state index in [2.05, 4.69) is 45.0 Å². The summed E-state index contributed by atoms with van der Waals surface area (Å²) in [5, 5.41) is 9.15. The topological polar surface area (TPSA) is 41.6 Å². The monoisotopic (exact) mass is 271 g/mol. The molecule has 0 fully saturated rings. The molecular formula is C9H10BrN3S. The van der Waals surface area contributed by atoms with Gasteiger partial charge in [-0.2, -0.15) is 5.10 Å². The number of nitrogens with one attached hydrogen (secondary N) is 1. The molecule has 2 heterocycles. The molecule has 14 heavy (non-hydrogen) atoms. The molecule has 5 heteroatoms. The molecule has 0 unspecified atom stereocenters. The Kier molecular flexibility index (Phi) is 2.69. The molecule has 0 saturated heterocycles. The van der Waals surface area contributed by atoms with Crippen LogP contribution in [0.25, 0.3) is 10.7 Å². The van der Waals surface area contributed by atoms with E-state index in [4.69, 9.17) is 0 Å². The first kappa shape index (κ1) is 9.86. The maximum atomic E-state index is 4.43. The fourth-order valence-electron chi connectivity index (χ4n) is 1.09. The Hall–Kier alpha value is -0.680. The van der Waals surface area contributed by atoms with Gasteiger partial charge < -0.3 is 0 Å². The lowest BCUT2D eigenvalue weighted by Gasteiger charge is -1.95. The first-order valence-corrected chi connectivity index (χ1v) is 6.01. The van der Waals surface area contributed by atoms with Gasteiger partial charge in [0.25, 0.3) is 0 Å². The lowest BCUT2D eigenvalue weighted by molar-refractivity contribution is 0.781. The van der Waals surface area contributed by atoms with Crippen molar-refractivity contribution < 1.29 is 0 Å². The van der Waals surface area contributed by atoms with Gasteiger partial charge >= 0.3 is 0 Å². The Morgan fingerprint density at radius 1 is 1.50 bits per heavy atom. The number of rotatable bonds is 2. The van der Waals surface area contributed by atoms with Crippen molar-refractivity contribution in [3.8, 4) is 10.7 Å². The fraction of sp³-hybridized carbons (Fsp3) is 0.333. The maximum Gasteiger partial charge on any atom is 0.192 e. The molecule has 74 valence electrons. The summed E-state index contributed by atoms with van der Waals surface area (Å²) in [4.78, 5) is 5.50. The molecule has 2 aromatic heterocycles. The second-order valence-electron chi connectivity index (χ2n) is 3.30. The van der Waals surface area contributed by atoms with Gasteiger partial charge in [0, 0.05) is 10.4 Å². The highest BCUT2D eigenvalue weighted by Gasteiger charge is 2.11. The van der Waals surface area contributed by atoms with Crippen molar-refractivity contribution in [1.29, 1.82) is 0 Å². The van der Waals surface area contributed by atoms with Gasteiger partial charge in [-0.05, 0) is 27.4 Å². The van der Waals surface area contributed by atoms with E-state index in [0.29, 0.717) is 5.92 Å². The van der Waals surface area contributed by atoms with Crippen LogP contribution in [-0.4, -0.2) is 15.2 Å². The van der Waals surface area contributed by atoms with Crippen molar-refractivity contribution in [3.05, 3.63) is 21.7 Å². The molecular weight excluding hydrogens is 262 g/mol. The average Bonchev–Trinajstić information content (AvgIpc) is 2.71. The van der Waals surface area contributed by atoms with E-state index < -0.39 is 0 Å². The van der Waals surface area contributed by atoms with Crippen molar-refractivity contribution in [2.45, 2.75) is 19.8 Å². The van der Waals surface area contributed by atoms with Crippen LogP contribution in [0.1, 0.15) is 25.6 Å². The summed E-state index contributed by atoms with van der Waals surface area (Å²) in [5.41, 5.74) is 0. The molecule has 0 saturated carbocycles. The smallest absolute Gasteiger partial charge is 0.192 e. The van der Waals surface area contributed by atoms with E-state index in [0.717, 1.165) is 21.0 Å². The quantitative estimate of drug-likeness (QED) is 0.910. The zero-order valence-corrected chi connectivity index (χ0v) is 10.3. The highest BCUT2D eigenvalue weighted by molar-refractivity contribution is 9.10. The van der Waals surface area contributed by atoms with Gasteiger partial charge in [0.15, 0.2) is 5.82 Å². The van der Waals surface area contributed by atoms with Crippen molar-refractivity contribution in [1.82, 2.24) is 15.2 Å². The largest absolute Gasteiger partial charge is 0.262 e. The van der Waals surface area contributed by atoms with Crippen LogP contribution in [0.15, 0.2) is 15.9 Å². The summed E-state index contributed by atoms with van der Waals surface area (Å²) in [7, 11) is 0. The van der Waals surface area contributed by atoms with E-state index in [1.807, 2.05) is 11.4 Å². The minimum absolute atomic E-state index is 0.384. The third-order valence-corrected chi connectivity index (χ3v) is 3.70. The van der Waals surface area contributed by atoms with Crippen molar-refractivity contribution in [2.75, 3.05) is 0 Å². The Balaban J connectivity index is 2.39. The molecule has 0 aliphatic carbocycles. The van der Waals surface area contributed by atoms with Crippen LogP contribution in [0.3, 0.4) is 0 Å². The number of thiophene rings is 1. The molecule has 0 aromatic carbocycles. The van der Waals surface area contributed by atoms with E-state index in [9.17, 15) is 0 Å². The maximum absolute atomic E-state index is 4.43. The molecule has 0 spiro atoms. The molecule has 0 bridgehead atoms. The predicted molar refractivity (Wildman–Crippen MR) is 61.5 cm³/mol. The molecule has 2 aromatic rings. The highest BCUT2D eigenvalue weighted by atomic mass is 79.9. The third-order valence-electron chi connectivity index (χ3n) is 1.87. The Morgan fingerprint density at radius 2 is 2.29 bits per heavy atom. The molecule has 0 aliphatic heterocycles. The Labute approximate surface area is 94.7 Å². The normalized spacial score (nSPS) is 11.1. The van der Waals surface area contributed by atoms with Crippen LogP contribution < -0.4 is 0 Å². The molecule has 0 radical (unpaired) electrons. The number of H-pyrrole nitrogens is 1. The van der Waals surface area contributed by atoms with Crippen LogP contribution in [0.2, 0.25) is 0 Å². The highest BCUT2D eigenvalue weighted by Crippen LogP contribution is 2.31. The zero-order valence-electron chi connectivity index (χ0n) is 7.91. The minimum atomic E-state index is 0.384. The molecule has 0 amide bonds. The zero-order chi connectivity index (χ0) is 10.1. The first-order valence-electron chi connectivity index (χ1n) is 4.34. The molecule has 0 aliphatic rings. The number of hydrogen-bond donors (Lipinski definition) is 1. The van der Waals surface area contributed by atoms with Gasteiger partial charge in [0.1, 0.15) is 5.82 Å². The lowest BCUT2D eigenvalue weighted by atomic mass is 10.2. The van der Waals surface area contributed by atoms with E-state index in [1.165, 1.54) is 0 Å². The van der Waals surface area contributed by atoms with Gasteiger partial charge in [0.05, 0.1) is 4.88 Å². The van der Waals surface area contributed by atoms with Gasteiger partial charge in [-0.15, -0.1) is 11.3 Å². The molecule has 0 atom stereocenters. The summed E-state index contributed by atoms with van der Waals surface area (Å²) in [6.07, 6.45) is 0. The summed E-state index contributed by atoms with van der Waals surface area (Å²) in [5.74, 6) is 2.09. The predicted octanol–water partition coefficient (Wildman–Crippen LogP) is 3.42. The van der Waals surface area contributed by atoms with Crippen molar-refractivity contribution in [3.63, 3.8) is 0 Å². The molecule has 1 N–H and O–H groups in total. The fourth-order valence-corrected chi connectivity index (χ4v) is 2.57. The standard InChI is InChI=1S/C9H10BrN3S/c1-5(2)8-11-9(13-12-8)7-6(10)3-4-14-7/h3-5H,1-2H3,(H,11,12,13).